The van der Waals surface area contributed by atoms with E-state index in [1.54, 1.807) is 18.2 Å². The highest BCUT2D eigenvalue weighted by atomic mass is 19.1. The molecule has 168 valence electrons. The van der Waals surface area contributed by atoms with E-state index < -0.39 is 17.9 Å². The first kappa shape index (κ1) is 23.3. The molecule has 3 aromatic rings. The van der Waals surface area contributed by atoms with E-state index in [-0.39, 0.29) is 24.6 Å². The van der Waals surface area contributed by atoms with Gasteiger partial charge in [-0.3, -0.25) is 9.59 Å². The van der Waals surface area contributed by atoms with E-state index in [4.69, 9.17) is 5.10 Å². The third kappa shape index (κ3) is 5.11. The lowest BCUT2D eigenvalue weighted by Gasteiger charge is -2.18. The average molecular weight is 438 g/mol. The lowest BCUT2D eigenvalue weighted by molar-refractivity contribution is -0.143. The van der Waals surface area contributed by atoms with Crippen LogP contribution in [0.1, 0.15) is 49.4 Å². The smallest absolute Gasteiger partial charge is 0.313 e. The molecule has 6 nitrogen and oxygen atoms in total. The summed E-state index contributed by atoms with van der Waals surface area (Å²) < 4.78 is 19.9. The zero-order valence-electron chi connectivity index (χ0n) is 18.6. The van der Waals surface area contributed by atoms with Crippen LogP contribution in [0.5, 0.6) is 0 Å². The molecule has 0 spiro atoms. The molecule has 1 atom stereocenters. The summed E-state index contributed by atoms with van der Waals surface area (Å²) in [6, 6.07) is 10.1. The first-order chi connectivity index (χ1) is 15.2. The number of aryl methyl sites for hydroxylation is 1. The SMILES string of the molecule is COC(=O)CC(=O)CC(O)/C=C/c1c(-c2ccc(F)cc2)nn2c(C)ccc2c1C(C)C. The maximum absolute atomic E-state index is 13.5. The van der Waals surface area contributed by atoms with Crippen LogP contribution in [0.3, 0.4) is 0 Å². The van der Waals surface area contributed by atoms with Gasteiger partial charge in [-0.1, -0.05) is 26.0 Å². The number of ether oxygens (including phenoxy) is 1. The molecule has 7 heteroatoms. The molecule has 1 unspecified atom stereocenters. The van der Waals surface area contributed by atoms with Crippen LogP contribution in [0.2, 0.25) is 0 Å². The quantitative estimate of drug-likeness (QED) is 0.415. The lowest BCUT2D eigenvalue weighted by atomic mass is 9.93. The summed E-state index contributed by atoms with van der Waals surface area (Å²) in [6.45, 7) is 6.10. The summed E-state index contributed by atoms with van der Waals surface area (Å²) >= 11 is 0. The second-order valence-corrected chi connectivity index (χ2v) is 8.03. The van der Waals surface area contributed by atoms with Gasteiger partial charge in [-0.15, -0.1) is 0 Å². The summed E-state index contributed by atoms with van der Waals surface area (Å²) in [4.78, 5) is 23.2. The Hall–Kier alpha value is -3.32. The molecule has 0 saturated heterocycles. The van der Waals surface area contributed by atoms with Crippen LogP contribution < -0.4 is 0 Å². The molecule has 0 aliphatic carbocycles. The van der Waals surface area contributed by atoms with Crippen molar-refractivity contribution in [2.45, 2.75) is 45.6 Å². The van der Waals surface area contributed by atoms with Crippen molar-refractivity contribution in [3.63, 3.8) is 0 Å². The van der Waals surface area contributed by atoms with Crippen LogP contribution in [0.4, 0.5) is 4.39 Å². The van der Waals surface area contributed by atoms with Crippen molar-refractivity contribution in [2.75, 3.05) is 7.11 Å². The molecule has 0 bridgehead atoms. The molecule has 2 aromatic heterocycles. The Morgan fingerprint density at radius 1 is 1.19 bits per heavy atom. The van der Waals surface area contributed by atoms with Gasteiger partial charge in [0.15, 0.2) is 0 Å². The molecule has 2 heterocycles. The highest BCUT2D eigenvalue weighted by Crippen LogP contribution is 2.34. The van der Waals surface area contributed by atoms with Crippen molar-refractivity contribution in [1.29, 1.82) is 0 Å². The van der Waals surface area contributed by atoms with Gasteiger partial charge in [0.1, 0.15) is 18.0 Å². The van der Waals surface area contributed by atoms with Crippen molar-refractivity contribution < 1.29 is 23.8 Å². The largest absolute Gasteiger partial charge is 0.469 e. The number of carbonyl (C=O) groups excluding carboxylic acids is 2. The lowest BCUT2D eigenvalue weighted by Crippen LogP contribution is -2.15. The molecule has 0 saturated carbocycles. The van der Waals surface area contributed by atoms with Crippen LogP contribution in [-0.2, 0) is 14.3 Å². The standard InChI is InChI=1S/C25H27FN2O4/c1-15(2)24-21(11-10-19(29)13-20(30)14-23(31)32-4)25(17-6-8-18(26)9-7-17)27-28-16(3)5-12-22(24)28/h5-12,15,19,29H,13-14H2,1-4H3/b11-10+. The number of hydrogen-bond acceptors (Lipinski definition) is 5. The summed E-state index contributed by atoms with van der Waals surface area (Å²) in [6.07, 6.45) is 1.62. The third-order valence-corrected chi connectivity index (χ3v) is 5.25. The molecule has 0 radical (unpaired) electrons. The van der Waals surface area contributed by atoms with Gasteiger partial charge < -0.3 is 9.84 Å². The monoisotopic (exact) mass is 438 g/mol. The highest BCUT2D eigenvalue weighted by molar-refractivity contribution is 5.95. The fraction of sp³-hybridized carbons (Fsp3) is 0.320. The molecular weight excluding hydrogens is 411 g/mol. The Morgan fingerprint density at radius 3 is 2.50 bits per heavy atom. The van der Waals surface area contributed by atoms with Crippen molar-refractivity contribution in [3.8, 4) is 11.3 Å². The predicted molar refractivity (Wildman–Crippen MR) is 121 cm³/mol. The predicted octanol–water partition coefficient (Wildman–Crippen LogP) is 4.47. The van der Waals surface area contributed by atoms with E-state index in [1.807, 2.05) is 23.6 Å². The number of aliphatic hydroxyl groups is 1. The van der Waals surface area contributed by atoms with Gasteiger partial charge in [0, 0.05) is 23.2 Å². The Kier molecular flexibility index (Phi) is 7.20. The zero-order valence-corrected chi connectivity index (χ0v) is 18.6. The Labute approximate surface area is 186 Å². The average Bonchev–Trinajstić information content (AvgIpc) is 3.11. The van der Waals surface area contributed by atoms with Crippen molar-refractivity contribution in [3.05, 3.63) is 65.1 Å². The summed E-state index contributed by atoms with van der Waals surface area (Å²) in [7, 11) is 1.21. The first-order valence-corrected chi connectivity index (χ1v) is 10.4. The van der Waals surface area contributed by atoms with E-state index in [0.29, 0.717) is 5.69 Å². The summed E-state index contributed by atoms with van der Waals surface area (Å²) in [5.41, 5.74) is 5.10. The molecule has 0 fully saturated rings. The Morgan fingerprint density at radius 2 is 1.88 bits per heavy atom. The zero-order chi connectivity index (χ0) is 23.4. The normalized spacial score (nSPS) is 12.6. The van der Waals surface area contributed by atoms with Crippen LogP contribution in [0.25, 0.3) is 22.9 Å². The van der Waals surface area contributed by atoms with Gasteiger partial charge in [-0.05, 0) is 54.8 Å². The molecule has 0 aliphatic rings. The number of halogens is 1. The molecule has 3 rings (SSSR count). The van der Waals surface area contributed by atoms with Gasteiger partial charge in [0.2, 0.25) is 0 Å². The molecule has 1 aromatic carbocycles. The molecule has 0 amide bonds. The van der Waals surface area contributed by atoms with Crippen LogP contribution in [0, 0.1) is 12.7 Å². The van der Waals surface area contributed by atoms with Crippen molar-refractivity contribution in [2.24, 2.45) is 0 Å². The number of aromatic nitrogens is 2. The number of ketones is 1. The molecule has 0 aliphatic heterocycles. The van der Waals surface area contributed by atoms with E-state index in [1.165, 1.54) is 25.3 Å². The van der Waals surface area contributed by atoms with Crippen molar-refractivity contribution in [1.82, 2.24) is 9.61 Å². The van der Waals surface area contributed by atoms with E-state index in [9.17, 15) is 19.1 Å². The minimum atomic E-state index is -1.07. The van der Waals surface area contributed by atoms with Gasteiger partial charge in [0.25, 0.3) is 0 Å². The number of Topliss-reactive ketones (excluding diaryl/α,β-unsaturated/α-hetero) is 1. The molecule has 1 N–H and O–H groups in total. The van der Waals surface area contributed by atoms with Crippen molar-refractivity contribution >= 4 is 23.3 Å². The minimum absolute atomic E-state index is 0.131. The van der Waals surface area contributed by atoms with E-state index in [0.717, 1.165) is 27.9 Å². The van der Waals surface area contributed by atoms with E-state index >= 15 is 0 Å². The van der Waals surface area contributed by atoms with Gasteiger partial charge in [-0.2, -0.15) is 5.10 Å². The first-order valence-electron chi connectivity index (χ1n) is 10.4. The maximum atomic E-state index is 13.5. The van der Waals surface area contributed by atoms with Gasteiger partial charge >= 0.3 is 5.97 Å². The topological polar surface area (TPSA) is 80.9 Å². The second-order valence-electron chi connectivity index (χ2n) is 8.03. The number of rotatable bonds is 8. The maximum Gasteiger partial charge on any atom is 0.313 e. The number of esters is 1. The minimum Gasteiger partial charge on any atom is -0.469 e. The number of carbonyl (C=O) groups is 2. The van der Waals surface area contributed by atoms with E-state index in [2.05, 4.69) is 18.6 Å². The number of methoxy groups -OCH3 is 1. The summed E-state index contributed by atoms with van der Waals surface area (Å²) in [5, 5.41) is 15.2. The van der Waals surface area contributed by atoms with Crippen LogP contribution in [-0.4, -0.2) is 39.7 Å². The number of aliphatic hydroxyl groups excluding tert-OH is 1. The second kappa shape index (κ2) is 9.87. The highest BCUT2D eigenvalue weighted by Gasteiger charge is 2.19. The summed E-state index contributed by atoms with van der Waals surface area (Å²) in [5.74, 6) is -1.25. The molecular formula is C25H27FN2O4. The molecule has 32 heavy (non-hydrogen) atoms. The van der Waals surface area contributed by atoms with Crippen LogP contribution >= 0.6 is 0 Å². The third-order valence-electron chi connectivity index (χ3n) is 5.25. The van der Waals surface area contributed by atoms with Crippen LogP contribution in [0.15, 0.2) is 42.5 Å². The van der Waals surface area contributed by atoms with Gasteiger partial charge in [0.05, 0.1) is 24.4 Å². The Bertz CT molecular complexity index is 1160. The number of benzene rings is 1. The fourth-order valence-corrected chi connectivity index (χ4v) is 3.70. The number of hydrogen-bond donors (Lipinski definition) is 1. The fourth-order valence-electron chi connectivity index (χ4n) is 3.70. The Balaban J connectivity index is 2.07. The number of fused-ring (bicyclic) bond motifs is 1. The van der Waals surface area contributed by atoms with Gasteiger partial charge in [-0.25, -0.2) is 8.91 Å². The number of nitrogens with zero attached hydrogens (tertiary/aromatic N) is 2.